The molecule has 1 amide bonds. The Hall–Kier alpha value is -1.26. The fraction of sp³-hybridized carbons (Fsp3) is 0.588. The van der Waals surface area contributed by atoms with Gasteiger partial charge in [-0.2, -0.15) is 0 Å². The molecule has 1 aliphatic carbocycles. The molecule has 124 valence electrons. The van der Waals surface area contributed by atoms with Gasteiger partial charge in [-0.15, -0.1) is 12.4 Å². The molecule has 0 saturated heterocycles. The van der Waals surface area contributed by atoms with Gasteiger partial charge in [-0.05, 0) is 30.9 Å². The van der Waals surface area contributed by atoms with Gasteiger partial charge in [0.05, 0.1) is 12.1 Å². The zero-order valence-electron chi connectivity index (χ0n) is 13.4. The summed E-state index contributed by atoms with van der Waals surface area (Å²) in [6.07, 6.45) is 4.76. The third kappa shape index (κ3) is 5.18. The molecule has 0 radical (unpaired) electrons. The number of nitrogens with two attached hydrogens (primary N) is 1. The third-order valence-corrected chi connectivity index (χ3v) is 3.87. The Morgan fingerprint density at radius 3 is 2.64 bits per heavy atom. The lowest BCUT2D eigenvalue weighted by Crippen LogP contribution is -2.52. The van der Waals surface area contributed by atoms with E-state index in [2.05, 4.69) is 19.2 Å². The van der Waals surface area contributed by atoms with Crippen LogP contribution in [0.1, 0.15) is 46.0 Å². The second-order valence-corrected chi connectivity index (χ2v) is 6.40. The summed E-state index contributed by atoms with van der Waals surface area (Å²) in [6.45, 7) is 4.87. The van der Waals surface area contributed by atoms with E-state index in [9.17, 15) is 4.79 Å². The highest BCUT2D eigenvalue weighted by molar-refractivity contribution is 5.98. The standard InChI is InChI=1S/C17H26N2O2.ClH/c1-13(2)12-21-15-8-6-7-14(11-15)19-16(20)17(18)9-4-3-5-10-17;/h6-8,11,13H,3-5,9-10,12,18H2,1-2H3,(H,19,20);1H. The predicted octanol–water partition coefficient (Wildman–Crippen LogP) is 3.74. The van der Waals surface area contributed by atoms with Crippen LogP contribution in [0.4, 0.5) is 5.69 Å². The van der Waals surface area contributed by atoms with Gasteiger partial charge in [0.1, 0.15) is 5.75 Å². The van der Waals surface area contributed by atoms with E-state index in [0.717, 1.165) is 37.1 Å². The third-order valence-electron chi connectivity index (χ3n) is 3.87. The maximum Gasteiger partial charge on any atom is 0.244 e. The van der Waals surface area contributed by atoms with Gasteiger partial charge in [0, 0.05) is 11.8 Å². The van der Waals surface area contributed by atoms with E-state index in [-0.39, 0.29) is 18.3 Å². The maximum atomic E-state index is 12.4. The highest BCUT2D eigenvalue weighted by Gasteiger charge is 2.35. The fourth-order valence-electron chi connectivity index (χ4n) is 2.59. The van der Waals surface area contributed by atoms with E-state index in [1.165, 1.54) is 6.42 Å². The topological polar surface area (TPSA) is 64.3 Å². The largest absolute Gasteiger partial charge is 0.493 e. The Balaban J connectivity index is 0.00000242. The number of rotatable bonds is 5. The van der Waals surface area contributed by atoms with E-state index >= 15 is 0 Å². The predicted molar refractivity (Wildman–Crippen MR) is 92.7 cm³/mol. The number of nitrogens with one attached hydrogen (secondary N) is 1. The molecule has 22 heavy (non-hydrogen) atoms. The van der Waals surface area contributed by atoms with E-state index < -0.39 is 5.54 Å². The number of carbonyl (C=O) groups excluding carboxylic acids is 1. The van der Waals surface area contributed by atoms with Gasteiger partial charge < -0.3 is 15.8 Å². The van der Waals surface area contributed by atoms with E-state index in [0.29, 0.717) is 12.5 Å². The van der Waals surface area contributed by atoms with Gasteiger partial charge in [-0.1, -0.05) is 39.2 Å². The van der Waals surface area contributed by atoms with Crippen LogP contribution in [0.5, 0.6) is 5.75 Å². The van der Waals surface area contributed by atoms with Crippen molar-refractivity contribution in [3.05, 3.63) is 24.3 Å². The summed E-state index contributed by atoms with van der Waals surface area (Å²) >= 11 is 0. The lowest BCUT2D eigenvalue weighted by molar-refractivity contribution is -0.122. The molecule has 0 spiro atoms. The molecule has 3 N–H and O–H groups in total. The first kappa shape index (κ1) is 18.8. The average molecular weight is 327 g/mol. The lowest BCUT2D eigenvalue weighted by Gasteiger charge is -2.31. The molecule has 5 heteroatoms. The number of benzene rings is 1. The van der Waals surface area contributed by atoms with Gasteiger partial charge in [-0.25, -0.2) is 0 Å². The molecule has 0 aromatic heterocycles. The second-order valence-electron chi connectivity index (χ2n) is 6.40. The Kier molecular flexibility index (Phi) is 7.17. The zero-order chi connectivity index (χ0) is 15.3. The molecule has 0 heterocycles. The molecular weight excluding hydrogens is 300 g/mol. The summed E-state index contributed by atoms with van der Waals surface area (Å²) in [5.41, 5.74) is 6.28. The molecule has 0 unspecified atom stereocenters. The van der Waals surface area contributed by atoms with Gasteiger partial charge in [-0.3, -0.25) is 4.79 Å². The van der Waals surface area contributed by atoms with E-state index in [1.807, 2.05) is 24.3 Å². The van der Waals surface area contributed by atoms with Crippen LogP contribution in [-0.4, -0.2) is 18.1 Å². The number of hydrogen-bond acceptors (Lipinski definition) is 3. The van der Waals surface area contributed by atoms with Crippen molar-refractivity contribution in [3.63, 3.8) is 0 Å². The van der Waals surface area contributed by atoms with Crippen molar-refractivity contribution in [1.29, 1.82) is 0 Å². The summed E-state index contributed by atoms with van der Waals surface area (Å²) in [7, 11) is 0. The first-order valence-electron chi connectivity index (χ1n) is 7.83. The summed E-state index contributed by atoms with van der Waals surface area (Å²) < 4.78 is 5.68. The Morgan fingerprint density at radius 1 is 1.32 bits per heavy atom. The molecule has 1 aromatic carbocycles. The lowest BCUT2D eigenvalue weighted by atomic mass is 9.82. The minimum atomic E-state index is -0.715. The van der Waals surface area contributed by atoms with Crippen molar-refractivity contribution in [1.82, 2.24) is 0 Å². The summed E-state index contributed by atoms with van der Waals surface area (Å²) in [4.78, 5) is 12.4. The molecule has 1 saturated carbocycles. The van der Waals surface area contributed by atoms with Gasteiger partial charge in [0.25, 0.3) is 0 Å². The molecule has 4 nitrogen and oxygen atoms in total. The van der Waals surface area contributed by atoms with Crippen molar-refractivity contribution in [3.8, 4) is 5.75 Å². The monoisotopic (exact) mass is 326 g/mol. The maximum absolute atomic E-state index is 12.4. The number of carbonyl (C=O) groups is 1. The molecule has 1 aliphatic rings. The average Bonchev–Trinajstić information content (AvgIpc) is 2.46. The minimum Gasteiger partial charge on any atom is -0.493 e. The highest BCUT2D eigenvalue weighted by Crippen LogP contribution is 2.27. The Morgan fingerprint density at radius 2 is 2.00 bits per heavy atom. The smallest absolute Gasteiger partial charge is 0.244 e. The van der Waals surface area contributed by atoms with Gasteiger partial charge in [0.15, 0.2) is 0 Å². The van der Waals surface area contributed by atoms with E-state index in [1.54, 1.807) is 0 Å². The number of halogens is 1. The summed E-state index contributed by atoms with van der Waals surface area (Å²) in [5.74, 6) is 1.16. The van der Waals surface area contributed by atoms with E-state index in [4.69, 9.17) is 10.5 Å². The molecule has 0 aliphatic heterocycles. The van der Waals surface area contributed by atoms with Crippen LogP contribution in [0, 0.1) is 5.92 Å². The molecule has 1 aromatic rings. The Bertz CT molecular complexity index is 485. The Labute approximate surface area is 139 Å². The van der Waals surface area contributed by atoms with Gasteiger partial charge >= 0.3 is 0 Å². The van der Waals surface area contributed by atoms with Crippen LogP contribution >= 0.6 is 12.4 Å². The normalized spacial score (nSPS) is 16.7. The zero-order valence-corrected chi connectivity index (χ0v) is 14.2. The number of ether oxygens (including phenoxy) is 1. The molecule has 0 bridgehead atoms. The fourth-order valence-corrected chi connectivity index (χ4v) is 2.59. The van der Waals surface area contributed by atoms with Crippen LogP contribution in [0.3, 0.4) is 0 Å². The van der Waals surface area contributed by atoms with Crippen LogP contribution in [0.15, 0.2) is 24.3 Å². The summed E-state index contributed by atoms with van der Waals surface area (Å²) in [5, 5.41) is 2.94. The second kappa shape index (κ2) is 8.39. The van der Waals surface area contributed by atoms with Gasteiger partial charge in [0.2, 0.25) is 5.91 Å². The number of hydrogen-bond donors (Lipinski definition) is 2. The van der Waals surface area contributed by atoms with Crippen molar-refractivity contribution in [2.75, 3.05) is 11.9 Å². The number of anilines is 1. The first-order valence-corrected chi connectivity index (χ1v) is 7.83. The van der Waals surface area contributed by atoms with Crippen molar-refractivity contribution in [2.45, 2.75) is 51.5 Å². The van der Waals surface area contributed by atoms with Crippen molar-refractivity contribution in [2.24, 2.45) is 11.7 Å². The van der Waals surface area contributed by atoms with Crippen LogP contribution < -0.4 is 15.8 Å². The van der Waals surface area contributed by atoms with Crippen molar-refractivity contribution >= 4 is 24.0 Å². The van der Waals surface area contributed by atoms with Crippen LogP contribution in [0.2, 0.25) is 0 Å². The minimum absolute atomic E-state index is 0. The molecule has 2 rings (SSSR count). The van der Waals surface area contributed by atoms with Crippen LogP contribution in [0.25, 0.3) is 0 Å². The molecule has 1 fully saturated rings. The molecular formula is C17H27ClN2O2. The molecule has 0 atom stereocenters. The SMILES string of the molecule is CC(C)COc1cccc(NC(=O)C2(N)CCCCC2)c1.Cl. The number of amides is 1. The summed E-state index contributed by atoms with van der Waals surface area (Å²) in [6, 6.07) is 7.50. The highest BCUT2D eigenvalue weighted by atomic mass is 35.5. The van der Waals surface area contributed by atoms with Crippen molar-refractivity contribution < 1.29 is 9.53 Å². The first-order chi connectivity index (χ1) is 9.99. The quantitative estimate of drug-likeness (QED) is 0.866. The van der Waals surface area contributed by atoms with Crippen LogP contribution in [-0.2, 0) is 4.79 Å².